The molecule has 0 aliphatic carbocycles. The van der Waals surface area contributed by atoms with Gasteiger partial charge in [-0.15, -0.1) is 0 Å². The van der Waals surface area contributed by atoms with Gasteiger partial charge in [0.25, 0.3) is 0 Å². The molecule has 0 spiro atoms. The summed E-state index contributed by atoms with van der Waals surface area (Å²) in [6.07, 6.45) is 0. The molecular formula is C52H33N5. The predicted octanol–water partition coefficient (Wildman–Crippen LogP) is 13.0. The van der Waals surface area contributed by atoms with Crippen molar-refractivity contribution in [3.05, 3.63) is 200 Å². The summed E-state index contributed by atoms with van der Waals surface area (Å²) >= 11 is 0. The minimum absolute atomic E-state index is 0.606. The van der Waals surface area contributed by atoms with Crippen LogP contribution < -0.4 is 0 Å². The van der Waals surface area contributed by atoms with Gasteiger partial charge in [0, 0.05) is 33.0 Å². The molecule has 11 rings (SSSR count). The first-order chi connectivity index (χ1) is 28.3. The zero-order chi connectivity index (χ0) is 37.7. The first-order valence-electron chi connectivity index (χ1n) is 19.2. The van der Waals surface area contributed by atoms with Crippen LogP contribution in [0.3, 0.4) is 0 Å². The van der Waals surface area contributed by atoms with Crippen LogP contribution in [0.2, 0.25) is 0 Å². The molecule has 0 unspecified atom stereocenters. The highest BCUT2D eigenvalue weighted by Gasteiger charge is 2.22. The van der Waals surface area contributed by atoms with Gasteiger partial charge in [0.2, 0.25) is 0 Å². The quantitative estimate of drug-likeness (QED) is 0.160. The molecule has 0 aliphatic rings. The summed E-state index contributed by atoms with van der Waals surface area (Å²) in [6.45, 7) is 0. The molecule has 5 nitrogen and oxygen atoms in total. The number of rotatable bonds is 6. The molecule has 57 heavy (non-hydrogen) atoms. The van der Waals surface area contributed by atoms with Gasteiger partial charge in [0.15, 0.2) is 17.5 Å². The molecule has 0 N–H and O–H groups in total. The molecule has 5 heteroatoms. The molecule has 0 radical (unpaired) electrons. The van der Waals surface area contributed by atoms with E-state index < -0.39 is 0 Å². The van der Waals surface area contributed by atoms with E-state index in [9.17, 15) is 0 Å². The van der Waals surface area contributed by atoms with E-state index in [0.29, 0.717) is 17.5 Å². The SMILES string of the molecule is c1ccc(-c2nc(-c3ccc(-n4nc(-c5ccccc5)c5c(-c6ccccc6)cc6ccccc6c54)cc3)nc(-c3cc4ccccc4c4ccccc34)n2)cc1. The van der Waals surface area contributed by atoms with Crippen LogP contribution in [0.5, 0.6) is 0 Å². The number of fused-ring (bicyclic) bond motifs is 6. The lowest BCUT2D eigenvalue weighted by molar-refractivity contribution is 0.917. The van der Waals surface area contributed by atoms with Crippen LogP contribution in [0.15, 0.2) is 200 Å². The number of hydrogen-bond donors (Lipinski definition) is 0. The molecule has 0 atom stereocenters. The third-order valence-corrected chi connectivity index (χ3v) is 10.8. The standard InChI is InChI=1S/C52H33N5/c1-4-16-34(17-5-1)45-32-39-23-11-13-25-42(39)49-47(45)48(35-18-6-2-7-19-35)56-57(49)40-30-28-37(29-31-40)51-53-50(36-20-8-3-9-21-36)54-52(55-51)46-33-38-22-10-12-24-41(38)43-26-14-15-27-44(43)46/h1-33H. The fraction of sp³-hybridized carbons (Fsp3) is 0. The van der Waals surface area contributed by atoms with Crippen LogP contribution in [0.4, 0.5) is 0 Å². The molecule has 266 valence electrons. The maximum Gasteiger partial charge on any atom is 0.164 e. The third-order valence-electron chi connectivity index (χ3n) is 10.8. The van der Waals surface area contributed by atoms with Crippen molar-refractivity contribution in [2.24, 2.45) is 0 Å². The van der Waals surface area contributed by atoms with E-state index >= 15 is 0 Å². The Kier molecular flexibility index (Phi) is 7.74. The van der Waals surface area contributed by atoms with E-state index in [1.54, 1.807) is 0 Å². The molecule has 0 aliphatic heterocycles. The first kappa shape index (κ1) is 32.7. The van der Waals surface area contributed by atoms with Crippen molar-refractivity contribution in [3.63, 3.8) is 0 Å². The Bertz CT molecular complexity index is 3270. The Balaban J connectivity index is 1.11. The Labute approximate surface area is 329 Å². The van der Waals surface area contributed by atoms with E-state index in [4.69, 9.17) is 20.1 Å². The summed E-state index contributed by atoms with van der Waals surface area (Å²) in [7, 11) is 0. The zero-order valence-corrected chi connectivity index (χ0v) is 30.8. The fourth-order valence-electron chi connectivity index (χ4n) is 8.15. The Morgan fingerprint density at radius 1 is 0.333 bits per heavy atom. The van der Waals surface area contributed by atoms with Gasteiger partial charge in [-0.2, -0.15) is 5.10 Å². The van der Waals surface area contributed by atoms with Crippen molar-refractivity contribution in [1.82, 2.24) is 24.7 Å². The first-order valence-corrected chi connectivity index (χ1v) is 19.2. The molecule has 2 heterocycles. The summed E-state index contributed by atoms with van der Waals surface area (Å²) < 4.78 is 2.10. The molecule has 2 aromatic heterocycles. The highest BCUT2D eigenvalue weighted by atomic mass is 15.3. The van der Waals surface area contributed by atoms with Gasteiger partial charge in [-0.05, 0) is 74.5 Å². The highest BCUT2D eigenvalue weighted by molar-refractivity contribution is 6.17. The Hall–Kier alpha value is -7.76. The van der Waals surface area contributed by atoms with Crippen LogP contribution in [0, 0.1) is 0 Å². The molecular weight excluding hydrogens is 695 g/mol. The van der Waals surface area contributed by atoms with Crippen molar-refractivity contribution in [2.75, 3.05) is 0 Å². The van der Waals surface area contributed by atoms with Gasteiger partial charge in [0.05, 0.1) is 11.2 Å². The topological polar surface area (TPSA) is 56.5 Å². The van der Waals surface area contributed by atoms with Crippen molar-refractivity contribution < 1.29 is 0 Å². The van der Waals surface area contributed by atoms with Gasteiger partial charge in [-0.1, -0.05) is 164 Å². The molecule has 9 aromatic carbocycles. The minimum atomic E-state index is 0.606. The average Bonchev–Trinajstić information content (AvgIpc) is 3.70. The largest absolute Gasteiger partial charge is 0.232 e. The summed E-state index contributed by atoms with van der Waals surface area (Å²) in [4.78, 5) is 15.4. The lowest BCUT2D eigenvalue weighted by Crippen LogP contribution is -2.01. The molecule has 0 saturated heterocycles. The number of hydrogen-bond acceptors (Lipinski definition) is 4. The van der Waals surface area contributed by atoms with E-state index in [2.05, 4.69) is 168 Å². The van der Waals surface area contributed by atoms with E-state index in [-0.39, 0.29) is 0 Å². The third kappa shape index (κ3) is 5.64. The normalized spacial score (nSPS) is 11.5. The Morgan fingerprint density at radius 2 is 0.807 bits per heavy atom. The second-order valence-corrected chi connectivity index (χ2v) is 14.3. The van der Waals surface area contributed by atoms with E-state index in [1.165, 1.54) is 10.8 Å². The average molecular weight is 728 g/mol. The summed E-state index contributed by atoms with van der Waals surface area (Å²) in [5, 5.41) is 13.4. The van der Waals surface area contributed by atoms with Crippen LogP contribution in [0.25, 0.3) is 105 Å². The van der Waals surface area contributed by atoms with Crippen LogP contribution in [0.1, 0.15) is 0 Å². The number of nitrogens with zero attached hydrogens (tertiary/aromatic N) is 5. The molecule has 0 fully saturated rings. The highest BCUT2D eigenvalue weighted by Crippen LogP contribution is 2.42. The fourth-order valence-corrected chi connectivity index (χ4v) is 8.15. The van der Waals surface area contributed by atoms with Crippen molar-refractivity contribution in [3.8, 4) is 62.2 Å². The number of aromatic nitrogens is 5. The van der Waals surface area contributed by atoms with Crippen LogP contribution >= 0.6 is 0 Å². The van der Waals surface area contributed by atoms with Crippen molar-refractivity contribution >= 4 is 43.2 Å². The number of benzene rings is 9. The summed E-state index contributed by atoms with van der Waals surface area (Å²) in [5.74, 6) is 1.87. The maximum atomic E-state index is 5.41. The lowest BCUT2D eigenvalue weighted by atomic mass is 9.94. The molecule has 0 amide bonds. The van der Waals surface area contributed by atoms with Gasteiger partial charge >= 0.3 is 0 Å². The smallest absolute Gasteiger partial charge is 0.164 e. The van der Waals surface area contributed by atoms with Crippen LogP contribution in [-0.4, -0.2) is 24.7 Å². The van der Waals surface area contributed by atoms with Crippen molar-refractivity contribution in [2.45, 2.75) is 0 Å². The predicted molar refractivity (Wildman–Crippen MR) is 234 cm³/mol. The van der Waals surface area contributed by atoms with Gasteiger partial charge < -0.3 is 0 Å². The summed E-state index contributed by atoms with van der Waals surface area (Å²) in [5.41, 5.74) is 9.11. The zero-order valence-electron chi connectivity index (χ0n) is 30.8. The van der Waals surface area contributed by atoms with Gasteiger partial charge in [0.1, 0.15) is 5.69 Å². The van der Waals surface area contributed by atoms with E-state index in [1.807, 2.05) is 36.4 Å². The minimum Gasteiger partial charge on any atom is -0.232 e. The van der Waals surface area contributed by atoms with Crippen molar-refractivity contribution in [1.29, 1.82) is 0 Å². The summed E-state index contributed by atoms with van der Waals surface area (Å²) in [6, 6.07) is 69.8. The molecule has 0 bridgehead atoms. The molecule has 11 aromatic rings. The molecule has 0 saturated carbocycles. The van der Waals surface area contributed by atoms with Crippen LogP contribution in [-0.2, 0) is 0 Å². The monoisotopic (exact) mass is 727 g/mol. The lowest BCUT2D eigenvalue weighted by Gasteiger charge is -2.13. The Morgan fingerprint density at radius 3 is 1.47 bits per heavy atom. The maximum absolute atomic E-state index is 5.41. The van der Waals surface area contributed by atoms with E-state index in [0.717, 1.165) is 77.2 Å². The second-order valence-electron chi connectivity index (χ2n) is 14.3. The van der Waals surface area contributed by atoms with Gasteiger partial charge in [-0.3, -0.25) is 0 Å². The van der Waals surface area contributed by atoms with Gasteiger partial charge in [-0.25, -0.2) is 19.6 Å². The second kappa shape index (κ2) is 13.5.